The van der Waals surface area contributed by atoms with E-state index in [1.54, 1.807) is 18.7 Å². The van der Waals surface area contributed by atoms with Crippen molar-refractivity contribution in [3.63, 3.8) is 0 Å². The normalized spacial score (nSPS) is 22.1. The summed E-state index contributed by atoms with van der Waals surface area (Å²) in [7, 11) is -3.22. The number of carbonyl (C=O) groups excluding carboxylic acids is 1. The number of nitrogens with zero attached hydrogens (tertiary/aromatic N) is 1. The maximum atomic E-state index is 14.9. The molecule has 168 valence electrons. The summed E-state index contributed by atoms with van der Waals surface area (Å²) in [4.78, 5) is 14.8. The molecular formula is C22H25F2NO5S. The van der Waals surface area contributed by atoms with Gasteiger partial charge in [0.15, 0.2) is 0 Å². The topological polar surface area (TPSA) is 72.9 Å². The summed E-state index contributed by atoms with van der Waals surface area (Å²) in [5, 5.41) is -1.45. The van der Waals surface area contributed by atoms with Gasteiger partial charge in [0, 0.05) is 31.3 Å². The molecule has 9 heteroatoms. The van der Waals surface area contributed by atoms with Crippen molar-refractivity contribution in [3.05, 3.63) is 71.3 Å². The molecular weight excluding hydrogens is 428 g/mol. The molecule has 0 aliphatic carbocycles. The second-order valence-corrected chi connectivity index (χ2v) is 9.62. The van der Waals surface area contributed by atoms with Gasteiger partial charge in [-0.25, -0.2) is 8.78 Å². The molecule has 0 spiro atoms. The minimum absolute atomic E-state index is 0.0874. The van der Waals surface area contributed by atoms with E-state index in [1.165, 1.54) is 0 Å². The van der Waals surface area contributed by atoms with Crippen LogP contribution in [0.2, 0.25) is 0 Å². The van der Waals surface area contributed by atoms with Crippen LogP contribution in [0.5, 0.6) is 0 Å². The fourth-order valence-electron chi connectivity index (χ4n) is 4.14. The first-order valence-corrected chi connectivity index (χ1v) is 11.3. The molecule has 1 aliphatic rings. The number of esters is 1. The molecule has 3 rings (SSSR count). The zero-order valence-electron chi connectivity index (χ0n) is 17.5. The zero-order valence-corrected chi connectivity index (χ0v) is 18.4. The minimum atomic E-state index is -4.33. The Morgan fingerprint density at radius 1 is 1.19 bits per heavy atom. The first kappa shape index (κ1) is 23.3. The lowest BCUT2D eigenvalue weighted by Gasteiger charge is -2.32. The Hall–Kier alpha value is -2.36. The van der Waals surface area contributed by atoms with Crippen LogP contribution in [0.25, 0.3) is 0 Å². The molecule has 2 aromatic rings. The summed E-state index contributed by atoms with van der Waals surface area (Å²) in [5.41, 5.74) is -1.27. The maximum Gasteiger partial charge on any atom is 0.319 e. The van der Waals surface area contributed by atoms with Crippen molar-refractivity contribution in [1.82, 2.24) is 4.90 Å². The van der Waals surface area contributed by atoms with E-state index >= 15 is 0 Å². The van der Waals surface area contributed by atoms with Gasteiger partial charge in [0.05, 0.1) is 13.2 Å². The molecule has 1 fully saturated rings. The summed E-state index contributed by atoms with van der Waals surface area (Å²) in [6.45, 7) is 3.20. The highest BCUT2D eigenvalue weighted by Crippen LogP contribution is 2.42. The van der Waals surface area contributed by atoms with Crippen LogP contribution >= 0.6 is 0 Å². The standard InChI is InChI=1S/C22H25F2NO5S/c1-15(2)30-31(27,28)20-13-25(12-16-7-5-4-6-8-16)14-22(20,21(26)29-3)18-10-9-17(23)11-19(18)24/h4-11,15,20H,12-14H2,1-3H3/t20-,22-/m1/s1. The van der Waals surface area contributed by atoms with Crippen LogP contribution in [0.15, 0.2) is 48.5 Å². The Morgan fingerprint density at radius 2 is 1.87 bits per heavy atom. The number of halogens is 2. The highest BCUT2D eigenvalue weighted by atomic mass is 32.2. The largest absolute Gasteiger partial charge is 0.468 e. The lowest BCUT2D eigenvalue weighted by molar-refractivity contribution is -0.147. The average molecular weight is 454 g/mol. The first-order valence-electron chi connectivity index (χ1n) is 9.82. The lowest BCUT2D eigenvalue weighted by atomic mass is 9.78. The van der Waals surface area contributed by atoms with Crippen molar-refractivity contribution >= 4 is 16.1 Å². The summed E-state index contributed by atoms with van der Waals surface area (Å²) < 4.78 is 65.0. The van der Waals surface area contributed by atoms with Crippen LogP contribution in [0, 0.1) is 11.6 Å². The smallest absolute Gasteiger partial charge is 0.319 e. The van der Waals surface area contributed by atoms with Crippen LogP contribution in [-0.4, -0.2) is 50.8 Å². The van der Waals surface area contributed by atoms with E-state index < -0.39 is 44.5 Å². The van der Waals surface area contributed by atoms with Crippen molar-refractivity contribution in [2.24, 2.45) is 0 Å². The third-order valence-electron chi connectivity index (χ3n) is 5.33. The van der Waals surface area contributed by atoms with Crippen molar-refractivity contribution in [2.75, 3.05) is 20.2 Å². The van der Waals surface area contributed by atoms with Gasteiger partial charge in [0.2, 0.25) is 0 Å². The molecule has 6 nitrogen and oxygen atoms in total. The molecule has 2 atom stereocenters. The molecule has 0 N–H and O–H groups in total. The van der Waals surface area contributed by atoms with Crippen LogP contribution in [0.1, 0.15) is 25.0 Å². The van der Waals surface area contributed by atoms with Gasteiger partial charge in [-0.15, -0.1) is 0 Å². The number of rotatable bonds is 7. The predicted molar refractivity (Wildman–Crippen MR) is 111 cm³/mol. The summed E-state index contributed by atoms with van der Waals surface area (Å²) in [5.74, 6) is -2.77. The van der Waals surface area contributed by atoms with Gasteiger partial charge in [0.1, 0.15) is 22.3 Å². The van der Waals surface area contributed by atoms with Crippen molar-refractivity contribution in [1.29, 1.82) is 0 Å². The van der Waals surface area contributed by atoms with E-state index in [4.69, 9.17) is 8.92 Å². The maximum absolute atomic E-state index is 14.9. The number of likely N-dealkylation sites (tertiary alicyclic amines) is 1. The Bertz CT molecular complexity index is 1050. The third-order valence-corrected chi connectivity index (χ3v) is 7.23. The van der Waals surface area contributed by atoms with E-state index in [1.807, 2.05) is 30.3 Å². The van der Waals surface area contributed by atoms with Gasteiger partial charge in [0.25, 0.3) is 10.1 Å². The second-order valence-electron chi connectivity index (χ2n) is 7.87. The number of ether oxygens (including phenoxy) is 1. The van der Waals surface area contributed by atoms with Crippen LogP contribution < -0.4 is 0 Å². The monoisotopic (exact) mass is 453 g/mol. The average Bonchev–Trinajstić information content (AvgIpc) is 3.08. The summed E-state index contributed by atoms with van der Waals surface area (Å²) >= 11 is 0. The van der Waals surface area contributed by atoms with E-state index in [0.29, 0.717) is 12.6 Å². The van der Waals surface area contributed by atoms with Crippen LogP contribution in [-0.2, 0) is 35.8 Å². The fourth-order valence-corrected chi connectivity index (χ4v) is 6.00. The number of carbonyl (C=O) groups is 1. The lowest BCUT2D eigenvalue weighted by Crippen LogP contribution is -2.51. The molecule has 31 heavy (non-hydrogen) atoms. The number of hydrogen-bond donors (Lipinski definition) is 0. The summed E-state index contributed by atoms with van der Waals surface area (Å²) in [6, 6.07) is 12.0. The Morgan fingerprint density at radius 3 is 2.45 bits per heavy atom. The molecule has 1 heterocycles. The molecule has 1 aliphatic heterocycles. The third kappa shape index (κ3) is 4.63. The molecule has 0 aromatic heterocycles. The Labute approximate surface area is 180 Å². The van der Waals surface area contributed by atoms with E-state index in [0.717, 1.165) is 24.8 Å². The molecule has 0 radical (unpaired) electrons. The number of methoxy groups -OCH3 is 1. The quantitative estimate of drug-likeness (QED) is 0.474. The molecule has 0 amide bonds. The number of hydrogen-bond acceptors (Lipinski definition) is 6. The predicted octanol–water partition coefficient (Wildman–Crippen LogP) is 3.01. The molecule has 1 saturated heterocycles. The highest BCUT2D eigenvalue weighted by Gasteiger charge is 2.61. The van der Waals surface area contributed by atoms with Crippen LogP contribution in [0.4, 0.5) is 8.78 Å². The van der Waals surface area contributed by atoms with Gasteiger partial charge in [-0.05, 0) is 25.5 Å². The molecule has 2 aromatic carbocycles. The number of benzene rings is 2. The molecule has 0 unspecified atom stereocenters. The second kappa shape index (κ2) is 9.02. The highest BCUT2D eigenvalue weighted by molar-refractivity contribution is 7.87. The SMILES string of the molecule is COC(=O)[C@@]1(c2ccc(F)cc2F)CN(Cc2ccccc2)C[C@H]1S(=O)(=O)OC(C)C. The van der Waals surface area contributed by atoms with E-state index in [9.17, 15) is 22.0 Å². The Balaban J connectivity index is 2.16. The molecule has 0 bridgehead atoms. The first-order chi connectivity index (χ1) is 14.6. The molecule has 0 saturated carbocycles. The van der Waals surface area contributed by atoms with Gasteiger partial charge >= 0.3 is 5.97 Å². The fraction of sp³-hybridized carbons (Fsp3) is 0.409. The van der Waals surface area contributed by atoms with Gasteiger partial charge < -0.3 is 4.74 Å². The van der Waals surface area contributed by atoms with E-state index in [-0.39, 0.29) is 18.7 Å². The van der Waals surface area contributed by atoms with Crippen molar-refractivity contribution in [3.8, 4) is 0 Å². The van der Waals surface area contributed by atoms with E-state index in [2.05, 4.69) is 0 Å². The Kier molecular flexibility index (Phi) is 6.78. The minimum Gasteiger partial charge on any atom is -0.468 e. The summed E-state index contributed by atoms with van der Waals surface area (Å²) in [6.07, 6.45) is -0.679. The zero-order chi connectivity index (χ0) is 22.8. The van der Waals surface area contributed by atoms with Gasteiger partial charge in [-0.1, -0.05) is 36.4 Å². The van der Waals surface area contributed by atoms with Crippen molar-refractivity contribution in [2.45, 2.75) is 37.2 Å². The van der Waals surface area contributed by atoms with Crippen LogP contribution in [0.3, 0.4) is 0 Å². The van der Waals surface area contributed by atoms with Gasteiger partial charge in [-0.3, -0.25) is 13.9 Å². The van der Waals surface area contributed by atoms with Crippen molar-refractivity contribution < 1.29 is 30.9 Å². The van der Waals surface area contributed by atoms with Gasteiger partial charge in [-0.2, -0.15) is 8.42 Å².